The lowest BCUT2D eigenvalue weighted by molar-refractivity contribution is 0.300. The third-order valence-corrected chi connectivity index (χ3v) is 4.49. The second kappa shape index (κ2) is 9.64. The number of benzene rings is 1. The molecule has 0 aromatic heterocycles. The molecule has 0 aliphatic carbocycles. The average molecular weight is 362 g/mol. The van der Waals surface area contributed by atoms with Crippen molar-refractivity contribution in [3.8, 4) is 0 Å². The largest absolute Gasteiger partial charge is 0.372 e. The molecule has 0 bridgehead atoms. The zero-order valence-corrected chi connectivity index (χ0v) is 15.2. The van der Waals surface area contributed by atoms with Crippen molar-refractivity contribution in [3.63, 3.8) is 0 Å². The number of hydrogen-bond acceptors (Lipinski definition) is 2. The van der Waals surface area contributed by atoms with Crippen molar-refractivity contribution in [1.29, 1.82) is 0 Å². The first kappa shape index (κ1) is 17.8. The summed E-state index contributed by atoms with van der Waals surface area (Å²) in [5, 5.41) is 0. The molecular formula is C16H26BrClN2. The van der Waals surface area contributed by atoms with Gasteiger partial charge in [-0.15, -0.1) is 11.6 Å². The molecule has 1 aromatic carbocycles. The molecule has 0 fully saturated rings. The predicted molar refractivity (Wildman–Crippen MR) is 94.0 cm³/mol. The second-order valence-electron chi connectivity index (χ2n) is 4.87. The fraction of sp³-hybridized carbons (Fsp3) is 0.625. The van der Waals surface area contributed by atoms with Crippen molar-refractivity contribution in [1.82, 2.24) is 4.90 Å². The van der Waals surface area contributed by atoms with Crippen molar-refractivity contribution in [3.05, 3.63) is 28.2 Å². The van der Waals surface area contributed by atoms with Gasteiger partial charge in [0.2, 0.25) is 0 Å². The van der Waals surface area contributed by atoms with Crippen LogP contribution >= 0.6 is 27.5 Å². The van der Waals surface area contributed by atoms with Gasteiger partial charge < -0.3 is 9.80 Å². The Morgan fingerprint density at radius 3 is 2.30 bits per heavy atom. The summed E-state index contributed by atoms with van der Waals surface area (Å²) < 4.78 is 1.09. The standard InChI is InChI=1S/C16H26BrClN2/c1-4-19(5-2)10-7-11-20(6-3)16-9-8-15(17)12-14(16)13-18/h8-9,12H,4-7,10-11,13H2,1-3H3. The molecule has 0 radical (unpaired) electrons. The number of rotatable bonds is 9. The average Bonchev–Trinajstić information content (AvgIpc) is 2.48. The van der Waals surface area contributed by atoms with Gasteiger partial charge >= 0.3 is 0 Å². The Balaban J connectivity index is 2.66. The third kappa shape index (κ3) is 5.27. The van der Waals surface area contributed by atoms with Crippen LogP contribution in [0.1, 0.15) is 32.8 Å². The molecule has 1 aromatic rings. The van der Waals surface area contributed by atoms with Gasteiger partial charge in [0.1, 0.15) is 0 Å². The van der Waals surface area contributed by atoms with Gasteiger partial charge in [0.15, 0.2) is 0 Å². The first-order valence-corrected chi connectivity index (χ1v) is 8.80. The zero-order valence-electron chi connectivity index (χ0n) is 12.8. The summed E-state index contributed by atoms with van der Waals surface area (Å²) >= 11 is 9.59. The SMILES string of the molecule is CCN(CC)CCCN(CC)c1ccc(Br)cc1CCl. The minimum Gasteiger partial charge on any atom is -0.372 e. The van der Waals surface area contributed by atoms with Gasteiger partial charge in [0, 0.05) is 29.1 Å². The van der Waals surface area contributed by atoms with Gasteiger partial charge in [-0.05, 0) is 56.7 Å². The molecule has 0 N–H and O–H groups in total. The van der Waals surface area contributed by atoms with E-state index in [0.29, 0.717) is 5.88 Å². The van der Waals surface area contributed by atoms with E-state index in [2.05, 4.69) is 64.7 Å². The summed E-state index contributed by atoms with van der Waals surface area (Å²) in [7, 11) is 0. The molecule has 2 nitrogen and oxygen atoms in total. The van der Waals surface area contributed by atoms with Crippen LogP contribution in [0.5, 0.6) is 0 Å². The highest BCUT2D eigenvalue weighted by Crippen LogP contribution is 2.26. The number of hydrogen-bond donors (Lipinski definition) is 0. The Labute approximate surface area is 137 Å². The lowest BCUT2D eigenvalue weighted by Crippen LogP contribution is -2.30. The number of alkyl halides is 1. The van der Waals surface area contributed by atoms with Crippen LogP contribution in [0.15, 0.2) is 22.7 Å². The van der Waals surface area contributed by atoms with Crippen molar-refractivity contribution >= 4 is 33.2 Å². The molecule has 0 saturated heterocycles. The summed E-state index contributed by atoms with van der Waals surface area (Å²) in [5.41, 5.74) is 2.47. The maximum atomic E-state index is 6.08. The van der Waals surface area contributed by atoms with Crippen LogP contribution < -0.4 is 4.90 Å². The molecule has 4 heteroatoms. The van der Waals surface area contributed by atoms with Crippen LogP contribution in [0.25, 0.3) is 0 Å². The van der Waals surface area contributed by atoms with E-state index in [9.17, 15) is 0 Å². The highest BCUT2D eigenvalue weighted by atomic mass is 79.9. The molecule has 0 aliphatic heterocycles. The van der Waals surface area contributed by atoms with Crippen LogP contribution in [-0.4, -0.2) is 37.6 Å². The topological polar surface area (TPSA) is 6.48 Å². The molecule has 114 valence electrons. The zero-order chi connectivity index (χ0) is 15.0. The van der Waals surface area contributed by atoms with Gasteiger partial charge in [-0.1, -0.05) is 29.8 Å². The van der Waals surface area contributed by atoms with Crippen molar-refractivity contribution < 1.29 is 0 Å². The third-order valence-electron chi connectivity index (χ3n) is 3.70. The van der Waals surface area contributed by atoms with Gasteiger partial charge in [0.05, 0.1) is 0 Å². The Kier molecular flexibility index (Phi) is 8.58. The van der Waals surface area contributed by atoms with Crippen LogP contribution in [0.2, 0.25) is 0 Å². The summed E-state index contributed by atoms with van der Waals surface area (Å²) in [6.07, 6.45) is 1.19. The first-order valence-electron chi connectivity index (χ1n) is 7.47. The quantitative estimate of drug-likeness (QED) is 0.586. The Morgan fingerprint density at radius 2 is 1.75 bits per heavy atom. The number of halogens is 2. The highest BCUT2D eigenvalue weighted by Gasteiger charge is 2.10. The molecule has 20 heavy (non-hydrogen) atoms. The van der Waals surface area contributed by atoms with Gasteiger partial charge in [-0.3, -0.25) is 0 Å². The van der Waals surface area contributed by atoms with E-state index in [4.69, 9.17) is 11.6 Å². The fourth-order valence-corrected chi connectivity index (χ4v) is 3.07. The molecular weight excluding hydrogens is 336 g/mol. The van der Waals surface area contributed by atoms with Crippen LogP contribution in [0.4, 0.5) is 5.69 Å². The second-order valence-corrected chi connectivity index (χ2v) is 6.05. The fourth-order valence-electron chi connectivity index (χ4n) is 2.44. The maximum Gasteiger partial charge on any atom is 0.0494 e. The Bertz CT molecular complexity index is 394. The van der Waals surface area contributed by atoms with Gasteiger partial charge in [-0.2, -0.15) is 0 Å². The maximum absolute atomic E-state index is 6.08. The van der Waals surface area contributed by atoms with E-state index >= 15 is 0 Å². The minimum absolute atomic E-state index is 0.557. The Hall–Kier alpha value is -0.250. The van der Waals surface area contributed by atoms with Gasteiger partial charge in [-0.25, -0.2) is 0 Å². The van der Waals surface area contributed by atoms with Crippen molar-refractivity contribution in [2.24, 2.45) is 0 Å². The summed E-state index contributed by atoms with van der Waals surface area (Å²) in [4.78, 5) is 4.89. The van der Waals surface area contributed by atoms with E-state index in [1.165, 1.54) is 17.7 Å². The van der Waals surface area contributed by atoms with Crippen LogP contribution in [0.3, 0.4) is 0 Å². The molecule has 0 saturated carbocycles. The molecule has 0 unspecified atom stereocenters. The first-order chi connectivity index (χ1) is 9.65. The summed E-state index contributed by atoms with van der Waals surface area (Å²) in [6, 6.07) is 6.39. The molecule has 1 rings (SSSR count). The van der Waals surface area contributed by atoms with Crippen molar-refractivity contribution in [2.75, 3.05) is 37.6 Å². The van der Waals surface area contributed by atoms with E-state index in [1.807, 2.05) is 0 Å². The highest BCUT2D eigenvalue weighted by molar-refractivity contribution is 9.10. The lowest BCUT2D eigenvalue weighted by Gasteiger charge is -2.27. The van der Waals surface area contributed by atoms with Crippen LogP contribution in [-0.2, 0) is 5.88 Å². The number of anilines is 1. The Morgan fingerprint density at radius 1 is 1.05 bits per heavy atom. The molecule has 0 heterocycles. The molecule has 0 spiro atoms. The predicted octanol–water partition coefficient (Wildman–Crippen LogP) is 4.75. The monoisotopic (exact) mass is 360 g/mol. The summed E-state index contributed by atoms with van der Waals surface area (Å²) in [6.45, 7) is 12.2. The van der Waals surface area contributed by atoms with Gasteiger partial charge in [0.25, 0.3) is 0 Å². The van der Waals surface area contributed by atoms with Crippen molar-refractivity contribution in [2.45, 2.75) is 33.1 Å². The van der Waals surface area contributed by atoms with E-state index < -0.39 is 0 Å². The normalized spacial score (nSPS) is 11.1. The molecule has 0 atom stereocenters. The molecule has 0 amide bonds. The minimum atomic E-state index is 0.557. The molecule has 0 aliphatic rings. The smallest absolute Gasteiger partial charge is 0.0494 e. The lowest BCUT2D eigenvalue weighted by atomic mass is 10.1. The van der Waals surface area contributed by atoms with E-state index in [1.54, 1.807) is 0 Å². The van der Waals surface area contributed by atoms with E-state index in [-0.39, 0.29) is 0 Å². The number of nitrogens with zero attached hydrogens (tertiary/aromatic N) is 2. The summed E-state index contributed by atoms with van der Waals surface area (Å²) in [5.74, 6) is 0.557. The van der Waals surface area contributed by atoms with Crippen LogP contribution in [0, 0.1) is 0 Å². The van der Waals surface area contributed by atoms with E-state index in [0.717, 1.165) is 37.2 Å².